The van der Waals surface area contributed by atoms with E-state index < -0.39 is 0 Å². The van der Waals surface area contributed by atoms with Crippen molar-refractivity contribution in [3.8, 4) is 0 Å². The van der Waals surface area contributed by atoms with Gasteiger partial charge in [-0.3, -0.25) is 0 Å². The molecule has 0 fully saturated rings. The second-order valence-corrected chi connectivity index (χ2v) is 3.25. The van der Waals surface area contributed by atoms with E-state index in [9.17, 15) is 0 Å². The van der Waals surface area contributed by atoms with Crippen LogP contribution in [0, 0.1) is 0 Å². The van der Waals surface area contributed by atoms with Gasteiger partial charge in [0.25, 0.3) is 0 Å². The van der Waals surface area contributed by atoms with Crippen LogP contribution in [-0.2, 0) is 22.4 Å². The van der Waals surface area contributed by atoms with E-state index in [4.69, 9.17) is 14.6 Å². The summed E-state index contributed by atoms with van der Waals surface area (Å²) in [6, 6.07) is 0. The van der Waals surface area contributed by atoms with E-state index in [1.807, 2.05) is 13.8 Å². The molecule has 6 nitrogen and oxygen atoms in total. The van der Waals surface area contributed by atoms with Crippen molar-refractivity contribution in [3.63, 3.8) is 0 Å². The molecule has 92 valence electrons. The van der Waals surface area contributed by atoms with Crippen LogP contribution < -0.4 is 0 Å². The van der Waals surface area contributed by atoms with Crippen LogP contribution in [0.25, 0.3) is 0 Å². The molecule has 16 heavy (non-hydrogen) atoms. The first-order valence-electron chi connectivity index (χ1n) is 5.53. The molecule has 0 aliphatic carbocycles. The average molecular weight is 229 g/mol. The second kappa shape index (κ2) is 7.32. The number of hydrogen-bond donors (Lipinski definition) is 1. The highest BCUT2D eigenvalue weighted by Gasteiger charge is 2.10. The first kappa shape index (κ1) is 13.1. The van der Waals surface area contributed by atoms with Gasteiger partial charge < -0.3 is 14.6 Å². The molecule has 0 aromatic carbocycles. The van der Waals surface area contributed by atoms with Crippen molar-refractivity contribution < 1.29 is 14.6 Å². The number of aromatic nitrogens is 3. The Morgan fingerprint density at radius 2 is 2.06 bits per heavy atom. The Bertz CT molecular complexity index is 285. The molecule has 0 unspecified atom stereocenters. The fraction of sp³-hybridized carbons (Fsp3) is 0.800. The third-order valence-electron chi connectivity index (χ3n) is 2.00. The lowest BCUT2D eigenvalue weighted by molar-refractivity contribution is -0.145. The minimum Gasteiger partial charge on any atom is -0.396 e. The number of nitrogens with zero attached hydrogens (tertiary/aromatic N) is 3. The van der Waals surface area contributed by atoms with Crippen LogP contribution in [0.1, 0.15) is 19.5 Å². The average Bonchev–Trinajstić information content (AvgIpc) is 2.67. The lowest BCUT2D eigenvalue weighted by Crippen LogP contribution is -2.24. The highest BCUT2D eigenvalue weighted by Crippen LogP contribution is 2.01. The molecule has 0 radical (unpaired) electrons. The molecule has 0 spiro atoms. The van der Waals surface area contributed by atoms with Gasteiger partial charge in [0.05, 0.1) is 12.2 Å². The Kier molecular flexibility index (Phi) is 5.99. The summed E-state index contributed by atoms with van der Waals surface area (Å²) in [5.74, 6) is 0. The maximum atomic E-state index is 8.75. The molecule has 1 N–H and O–H groups in total. The monoisotopic (exact) mass is 229 g/mol. The zero-order valence-electron chi connectivity index (χ0n) is 9.80. The Morgan fingerprint density at radius 3 is 2.62 bits per heavy atom. The van der Waals surface area contributed by atoms with Crippen molar-refractivity contribution in [3.05, 3.63) is 11.9 Å². The Morgan fingerprint density at radius 1 is 1.38 bits per heavy atom. The SMILES string of the molecule is CCOC(Cn1cc(CCO)nn1)OCC. The van der Waals surface area contributed by atoms with Crippen LogP contribution >= 0.6 is 0 Å². The van der Waals surface area contributed by atoms with Gasteiger partial charge in [-0.25, -0.2) is 4.68 Å². The highest BCUT2D eigenvalue weighted by molar-refractivity contribution is 4.92. The zero-order chi connectivity index (χ0) is 11.8. The third-order valence-corrected chi connectivity index (χ3v) is 2.00. The second-order valence-electron chi connectivity index (χ2n) is 3.25. The van der Waals surface area contributed by atoms with Gasteiger partial charge in [0.15, 0.2) is 6.29 Å². The lowest BCUT2D eigenvalue weighted by atomic mass is 10.3. The van der Waals surface area contributed by atoms with Gasteiger partial charge in [0.1, 0.15) is 0 Å². The van der Waals surface area contributed by atoms with E-state index in [0.717, 1.165) is 5.69 Å². The quantitative estimate of drug-likeness (QED) is 0.645. The normalized spacial score (nSPS) is 11.2. The van der Waals surface area contributed by atoms with Gasteiger partial charge in [0, 0.05) is 32.4 Å². The molecule has 0 amide bonds. The Hall–Kier alpha value is -0.980. The molecule has 0 bridgehead atoms. The molecule has 0 aliphatic heterocycles. The van der Waals surface area contributed by atoms with Crippen molar-refractivity contribution in [2.75, 3.05) is 19.8 Å². The third kappa shape index (κ3) is 4.26. The summed E-state index contributed by atoms with van der Waals surface area (Å²) in [7, 11) is 0. The van der Waals surface area contributed by atoms with Gasteiger partial charge in [-0.15, -0.1) is 5.10 Å². The maximum Gasteiger partial charge on any atom is 0.176 e. The predicted octanol–water partition coefficient (Wildman–Crippen LogP) is 0.212. The number of ether oxygens (including phenoxy) is 2. The Balaban J connectivity index is 2.48. The number of aliphatic hydroxyl groups is 1. The lowest BCUT2D eigenvalue weighted by Gasteiger charge is -2.16. The topological polar surface area (TPSA) is 69.4 Å². The van der Waals surface area contributed by atoms with E-state index in [1.54, 1.807) is 10.9 Å². The minimum absolute atomic E-state index is 0.0824. The molecule has 1 aromatic rings. The van der Waals surface area contributed by atoms with E-state index >= 15 is 0 Å². The molecular formula is C10H19N3O3. The number of hydrogen-bond acceptors (Lipinski definition) is 5. The number of aliphatic hydroxyl groups excluding tert-OH is 1. The van der Waals surface area contributed by atoms with Gasteiger partial charge >= 0.3 is 0 Å². The first-order chi connectivity index (χ1) is 7.80. The van der Waals surface area contributed by atoms with Crippen LogP contribution in [-0.4, -0.2) is 46.2 Å². The van der Waals surface area contributed by atoms with Crippen LogP contribution in [0.2, 0.25) is 0 Å². The van der Waals surface area contributed by atoms with Gasteiger partial charge in [-0.05, 0) is 13.8 Å². The summed E-state index contributed by atoms with van der Waals surface area (Å²) in [5.41, 5.74) is 0.772. The van der Waals surface area contributed by atoms with E-state index in [2.05, 4.69) is 10.3 Å². The van der Waals surface area contributed by atoms with Crippen LogP contribution in [0.4, 0.5) is 0 Å². The summed E-state index contributed by atoms with van der Waals surface area (Å²) in [4.78, 5) is 0. The van der Waals surface area contributed by atoms with Crippen molar-refractivity contribution in [1.82, 2.24) is 15.0 Å². The van der Waals surface area contributed by atoms with Gasteiger partial charge in [-0.2, -0.15) is 0 Å². The molecule has 0 saturated carbocycles. The number of rotatable bonds is 8. The van der Waals surface area contributed by atoms with Crippen molar-refractivity contribution >= 4 is 0 Å². The Labute approximate surface area is 95.2 Å². The molecular weight excluding hydrogens is 210 g/mol. The van der Waals surface area contributed by atoms with E-state index in [0.29, 0.717) is 26.2 Å². The summed E-state index contributed by atoms with van der Waals surface area (Å²) in [5, 5.41) is 16.6. The minimum atomic E-state index is -0.293. The van der Waals surface area contributed by atoms with Crippen LogP contribution in [0.5, 0.6) is 0 Å². The standard InChI is InChI=1S/C10H19N3O3/c1-3-15-10(16-4-2)8-13-7-9(5-6-14)11-12-13/h7,10,14H,3-6,8H2,1-2H3. The van der Waals surface area contributed by atoms with Crippen molar-refractivity contribution in [1.29, 1.82) is 0 Å². The van der Waals surface area contributed by atoms with Gasteiger partial charge in [-0.1, -0.05) is 5.21 Å². The fourth-order valence-corrected chi connectivity index (χ4v) is 1.33. The summed E-state index contributed by atoms with van der Waals surface area (Å²) < 4.78 is 12.5. The predicted molar refractivity (Wildman–Crippen MR) is 57.9 cm³/mol. The van der Waals surface area contributed by atoms with Crippen LogP contribution in [0.3, 0.4) is 0 Å². The maximum absolute atomic E-state index is 8.75. The van der Waals surface area contributed by atoms with Crippen molar-refractivity contribution in [2.24, 2.45) is 0 Å². The highest BCUT2D eigenvalue weighted by atomic mass is 16.7. The van der Waals surface area contributed by atoms with E-state index in [-0.39, 0.29) is 12.9 Å². The van der Waals surface area contributed by atoms with Crippen LogP contribution in [0.15, 0.2) is 6.20 Å². The molecule has 1 heterocycles. The molecule has 0 saturated heterocycles. The molecule has 1 aromatic heterocycles. The molecule has 0 aliphatic rings. The summed E-state index contributed by atoms with van der Waals surface area (Å²) in [6.45, 7) is 5.64. The van der Waals surface area contributed by atoms with E-state index in [1.165, 1.54) is 0 Å². The van der Waals surface area contributed by atoms with Crippen molar-refractivity contribution in [2.45, 2.75) is 33.1 Å². The zero-order valence-corrected chi connectivity index (χ0v) is 9.80. The molecule has 0 atom stereocenters. The summed E-state index contributed by atoms with van der Waals surface area (Å²) >= 11 is 0. The smallest absolute Gasteiger partial charge is 0.176 e. The molecule has 1 rings (SSSR count). The largest absolute Gasteiger partial charge is 0.396 e. The first-order valence-corrected chi connectivity index (χ1v) is 5.53. The fourth-order valence-electron chi connectivity index (χ4n) is 1.33. The summed E-state index contributed by atoms with van der Waals surface area (Å²) in [6.07, 6.45) is 2.02. The molecule has 6 heteroatoms. The van der Waals surface area contributed by atoms with Gasteiger partial charge in [0.2, 0.25) is 0 Å².